The summed E-state index contributed by atoms with van der Waals surface area (Å²) in [5.41, 5.74) is 2.09. The van der Waals surface area contributed by atoms with Crippen LogP contribution in [-0.2, 0) is 9.59 Å². The fourth-order valence-corrected chi connectivity index (χ4v) is 4.58. The highest BCUT2D eigenvalue weighted by atomic mass is 32.2. The maximum Gasteiger partial charge on any atom is 0.242 e. The second-order valence-electron chi connectivity index (χ2n) is 7.76. The quantitative estimate of drug-likeness (QED) is 0.400. The third-order valence-electron chi connectivity index (χ3n) is 5.38. The Morgan fingerprint density at radius 1 is 1.25 bits per heavy atom. The predicted molar refractivity (Wildman–Crippen MR) is 123 cm³/mol. The summed E-state index contributed by atoms with van der Waals surface area (Å²) in [7, 11) is 0. The maximum atomic E-state index is 12.3. The minimum atomic E-state index is -0.419. The number of nitrogens with zero attached hydrogens (tertiary/aromatic N) is 3. The molecule has 2 aromatic heterocycles. The SMILES string of the molecule is Cc1ccccc1-n1c(SCCCC(=O)NC2CCCCNC2=O)nnc1-c1ccco1. The second-order valence-corrected chi connectivity index (χ2v) is 8.83. The molecule has 0 saturated carbocycles. The summed E-state index contributed by atoms with van der Waals surface area (Å²) in [5, 5.41) is 15.2. The van der Waals surface area contributed by atoms with E-state index in [4.69, 9.17) is 4.42 Å². The zero-order valence-electron chi connectivity index (χ0n) is 18.0. The number of para-hydroxylation sites is 1. The molecule has 8 nitrogen and oxygen atoms in total. The van der Waals surface area contributed by atoms with E-state index in [0.717, 1.165) is 29.2 Å². The van der Waals surface area contributed by atoms with E-state index < -0.39 is 6.04 Å². The van der Waals surface area contributed by atoms with Gasteiger partial charge < -0.3 is 15.1 Å². The molecule has 0 aliphatic carbocycles. The van der Waals surface area contributed by atoms with Crippen LogP contribution < -0.4 is 10.6 Å². The molecule has 1 atom stereocenters. The summed E-state index contributed by atoms with van der Waals surface area (Å²) < 4.78 is 7.56. The van der Waals surface area contributed by atoms with Gasteiger partial charge in [0, 0.05) is 18.7 Å². The number of carbonyl (C=O) groups excluding carboxylic acids is 2. The number of nitrogens with one attached hydrogen (secondary N) is 2. The van der Waals surface area contributed by atoms with Gasteiger partial charge in [-0.1, -0.05) is 30.0 Å². The summed E-state index contributed by atoms with van der Waals surface area (Å²) >= 11 is 1.55. The van der Waals surface area contributed by atoms with Crippen LogP contribution in [0.4, 0.5) is 0 Å². The number of carbonyl (C=O) groups is 2. The van der Waals surface area contributed by atoms with Crippen molar-refractivity contribution in [2.75, 3.05) is 12.3 Å². The van der Waals surface area contributed by atoms with Crippen molar-refractivity contribution < 1.29 is 14.0 Å². The van der Waals surface area contributed by atoms with E-state index in [2.05, 4.69) is 20.8 Å². The largest absolute Gasteiger partial charge is 0.461 e. The topological polar surface area (TPSA) is 102 Å². The van der Waals surface area contributed by atoms with Crippen LogP contribution >= 0.6 is 11.8 Å². The number of rotatable bonds is 8. The highest BCUT2D eigenvalue weighted by molar-refractivity contribution is 7.99. The summed E-state index contributed by atoms with van der Waals surface area (Å²) in [6.07, 6.45) is 5.23. The molecule has 9 heteroatoms. The molecular weight excluding hydrogens is 426 g/mol. The lowest BCUT2D eigenvalue weighted by Crippen LogP contribution is -2.45. The van der Waals surface area contributed by atoms with E-state index in [1.807, 2.05) is 47.9 Å². The number of amides is 2. The molecule has 1 aliphatic heterocycles. The Labute approximate surface area is 191 Å². The van der Waals surface area contributed by atoms with Crippen molar-refractivity contribution in [3.8, 4) is 17.3 Å². The minimum Gasteiger partial charge on any atom is -0.461 e. The minimum absolute atomic E-state index is 0.0815. The number of benzene rings is 1. The van der Waals surface area contributed by atoms with Crippen molar-refractivity contribution in [3.05, 3.63) is 48.2 Å². The van der Waals surface area contributed by atoms with E-state index >= 15 is 0 Å². The number of hydrogen-bond donors (Lipinski definition) is 2. The van der Waals surface area contributed by atoms with E-state index in [1.54, 1.807) is 18.0 Å². The Balaban J connectivity index is 1.39. The van der Waals surface area contributed by atoms with Crippen LogP contribution in [0.3, 0.4) is 0 Å². The number of furan rings is 1. The Kier molecular flexibility index (Phi) is 7.26. The van der Waals surface area contributed by atoms with Crippen molar-refractivity contribution in [2.45, 2.75) is 50.2 Å². The highest BCUT2D eigenvalue weighted by Crippen LogP contribution is 2.30. The van der Waals surface area contributed by atoms with Crippen LogP contribution in [0.25, 0.3) is 17.3 Å². The van der Waals surface area contributed by atoms with Gasteiger partial charge in [-0.3, -0.25) is 14.2 Å². The lowest BCUT2D eigenvalue weighted by atomic mass is 10.1. The van der Waals surface area contributed by atoms with Gasteiger partial charge in [-0.05, 0) is 56.4 Å². The van der Waals surface area contributed by atoms with Crippen molar-refractivity contribution in [1.82, 2.24) is 25.4 Å². The zero-order valence-corrected chi connectivity index (χ0v) is 18.9. The Hall–Kier alpha value is -3.07. The molecule has 0 radical (unpaired) electrons. The third kappa shape index (κ3) is 5.21. The van der Waals surface area contributed by atoms with Crippen LogP contribution in [0.15, 0.2) is 52.2 Å². The van der Waals surface area contributed by atoms with Gasteiger partial charge in [0.15, 0.2) is 10.9 Å². The van der Waals surface area contributed by atoms with Crippen molar-refractivity contribution in [2.24, 2.45) is 0 Å². The molecular formula is C23H27N5O3S. The van der Waals surface area contributed by atoms with E-state index in [-0.39, 0.29) is 11.8 Å². The average Bonchev–Trinajstić information content (AvgIpc) is 3.41. The summed E-state index contributed by atoms with van der Waals surface area (Å²) in [4.78, 5) is 24.3. The second kappa shape index (κ2) is 10.5. The first-order valence-corrected chi connectivity index (χ1v) is 11.9. The van der Waals surface area contributed by atoms with Gasteiger partial charge in [0.05, 0.1) is 12.0 Å². The molecule has 1 saturated heterocycles. The lowest BCUT2D eigenvalue weighted by molar-refractivity contribution is -0.128. The molecule has 4 rings (SSSR count). The number of aromatic nitrogens is 3. The van der Waals surface area contributed by atoms with Crippen LogP contribution in [0.1, 0.15) is 37.7 Å². The molecule has 1 aromatic carbocycles. The van der Waals surface area contributed by atoms with Crippen LogP contribution in [0, 0.1) is 6.92 Å². The van der Waals surface area contributed by atoms with E-state index in [9.17, 15) is 9.59 Å². The summed E-state index contributed by atoms with van der Waals surface area (Å²) in [5.74, 6) is 1.82. The van der Waals surface area contributed by atoms with Gasteiger partial charge in [0.25, 0.3) is 0 Å². The number of thioether (sulfide) groups is 1. The number of hydrogen-bond acceptors (Lipinski definition) is 6. The first-order chi connectivity index (χ1) is 15.6. The monoisotopic (exact) mass is 453 g/mol. The first-order valence-electron chi connectivity index (χ1n) is 10.9. The molecule has 0 spiro atoms. The smallest absolute Gasteiger partial charge is 0.242 e. The Morgan fingerprint density at radius 3 is 2.94 bits per heavy atom. The van der Waals surface area contributed by atoms with E-state index in [1.165, 1.54) is 0 Å². The Bertz CT molecular complexity index is 1060. The third-order valence-corrected chi connectivity index (χ3v) is 6.40. The molecule has 2 N–H and O–H groups in total. The van der Waals surface area contributed by atoms with Crippen molar-refractivity contribution >= 4 is 23.6 Å². The maximum absolute atomic E-state index is 12.3. The van der Waals surface area contributed by atoms with Crippen molar-refractivity contribution in [3.63, 3.8) is 0 Å². The average molecular weight is 454 g/mol. The predicted octanol–water partition coefficient (Wildman–Crippen LogP) is 3.49. The molecule has 1 fully saturated rings. The zero-order chi connectivity index (χ0) is 22.3. The summed E-state index contributed by atoms with van der Waals surface area (Å²) in [6, 6.07) is 11.3. The molecule has 32 heavy (non-hydrogen) atoms. The van der Waals surface area contributed by atoms with Crippen LogP contribution in [-0.4, -0.2) is 44.9 Å². The van der Waals surface area contributed by atoms with E-state index in [0.29, 0.717) is 43.1 Å². The van der Waals surface area contributed by atoms with Gasteiger partial charge in [-0.15, -0.1) is 10.2 Å². The highest BCUT2D eigenvalue weighted by Gasteiger charge is 2.22. The molecule has 1 aliphatic rings. The van der Waals surface area contributed by atoms with Gasteiger partial charge in [-0.2, -0.15) is 0 Å². The lowest BCUT2D eigenvalue weighted by Gasteiger charge is -2.15. The molecule has 0 bridgehead atoms. The first kappa shape index (κ1) is 22.1. The fourth-order valence-electron chi connectivity index (χ4n) is 3.70. The van der Waals surface area contributed by atoms with Crippen LogP contribution in [0.5, 0.6) is 0 Å². The summed E-state index contributed by atoms with van der Waals surface area (Å²) in [6.45, 7) is 2.73. The van der Waals surface area contributed by atoms with Gasteiger partial charge in [-0.25, -0.2) is 0 Å². The van der Waals surface area contributed by atoms with Gasteiger partial charge in [0.2, 0.25) is 17.6 Å². The number of aryl methyl sites for hydroxylation is 1. The Morgan fingerprint density at radius 2 is 2.12 bits per heavy atom. The molecule has 1 unspecified atom stereocenters. The van der Waals surface area contributed by atoms with Gasteiger partial charge in [0.1, 0.15) is 6.04 Å². The normalized spacial score (nSPS) is 16.4. The molecule has 3 aromatic rings. The molecule has 2 amide bonds. The van der Waals surface area contributed by atoms with Gasteiger partial charge >= 0.3 is 0 Å². The fraction of sp³-hybridized carbons (Fsp3) is 0.391. The van der Waals surface area contributed by atoms with Crippen molar-refractivity contribution in [1.29, 1.82) is 0 Å². The molecule has 168 valence electrons. The molecule has 3 heterocycles. The standard InChI is InChI=1S/C23H27N5O3S/c1-16-8-2-3-10-18(16)28-21(19-11-6-14-31-19)26-27-23(28)32-15-7-12-20(29)25-17-9-4-5-13-24-22(17)30/h2-3,6,8,10-11,14,17H,4-5,7,9,12-13,15H2,1H3,(H,24,30)(H,25,29). The van der Waals surface area contributed by atoms with Crippen LogP contribution in [0.2, 0.25) is 0 Å².